The van der Waals surface area contributed by atoms with E-state index in [-0.39, 0.29) is 5.60 Å². The summed E-state index contributed by atoms with van der Waals surface area (Å²) in [7, 11) is 1.96. The Labute approximate surface area is 94.5 Å². The third-order valence-electron chi connectivity index (χ3n) is 1.90. The summed E-state index contributed by atoms with van der Waals surface area (Å²) in [6, 6.07) is 0. The molecule has 0 aromatic heterocycles. The van der Waals surface area contributed by atoms with Gasteiger partial charge in [0.05, 0.1) is 0 Å². The Morgan fingerprint density at radius 2 is 1.93 bits per heavy atom. The Balaban J connectivity index is 4.15. The van der Waals surface area contributed by atoms with Crippen molar-refractivity contribution in [3.63, 3.8) is 0 Å². The van der Waals surface area contributed by atoms with E-state index in [1.807, 2.05) is 27.8 Å². The van der Waals surface area contributed by atoms with Gasteiger partial charge in [0.15, 0.2) is 5.88 Å². The van der Waals surface area contributed by atoms with Gasteiger partial charge in [-0.15, -0.1) is 0 Å². The maximum absolute atomic E-state index is 5.75. The molecule has 1 N–H and O–H groups in total. The zero-order valence-corrected chi connectivity index (χ0v) is 10.9. The molecule has 3 heteroatoms. The van der Waals surface area contributed by atoms with Gasteiger partial charge in [0.1, 0.15) is 5.60 Å². The Morgan fingerprint density at radius 1 is 1.33 bits per heavy atom. The molecule has 15 heavy (non-hydrogen) atoms. The smallest absolute Gasteiger partial charge is 0.182 e. The number of hydrogen-bond donors (Lipinski definition) is 1. The van der Waals surface area contributed by atoms with E-state index in [9.17, 15) is 0 Å². The van der Waals surface area contributed by atoms with Gasteiger partial charge in [-0.05, 0) is 40.8 Å². The van der Waals surface area contributed by atoms with Crippen LogP contribution in [0, 0.1) is 0 Å². The molecule has 0 bridgehead atoms. The van der Waals surface area contributed by atoms with Crippen molar-refractivity contribution < 1.29 is 4.74 Å². The molecular formula is C12H26N2O. The molecule has 0 heterocycles. The minimum Gasteiger partial charge on any atom is -0.474 e. The number of nitrogens with one attached hydrogen (secondary N) is 1. The van der Waals surface area contributed by atoms with E-state index in [0.29, 0.717) is 0 Å². The molecule has 0 aromatic carbocycles. The largest absolute Gasteiger partial charge is 0.474 e. The van der Waals surface area contributed by atoms with E-state index in [0.717, 1.165) is 31.9 Å². The molecule has 0 spiro atoms. The fraction of sp³-hybridized carbons (Fsp3) is 0.833. The maximum Gasteiger partial charge on any atom is 0.182 e. The topological polar surface area (TPSA) is 24.5 Å². The van der Waals surface area contributed by atoms with Crippen LogP contribution in [0.5, 0.6) is 0 Å². The molecule has 0 aromatic rings. The molecule has 0 saturated carbocycles. The zero-order chi connectivity index (χ0) is 11.9. The van der Waals surface area contributed by atoms with Gasteiger partial charge in [0, 0.05) is 19.6 Å². The van der Waals surface area contributed by atoms with E-state index in [1.165, 1.54) is 0 Å². The van der Waals surface area contributed by atoms with Crippen molar-refractivity contribution in [1.82, 2.24) is 10.2 Å². The first-order valence-corrected chi connectivity index (χ1v) is 5.68. The normalized spacial score (nSPS) is 11.3. The van der Waals surface area contributed by atoms with Crippen LogP contribution in [-0.4, -0.2) is 37.2 Å². The molecular weight excluding hydrogens is 188 g/mol. The molecule has 0 atom stereocenters. The van der Waals surface area contributed by atoms with Gasteiger partial charge in [0.2, 0.25) is 0 Å². The first-order valence-electron chi connectivity index (χ1n) is 5.68. The van der Waals surface area contributed by atoms with Gasteiger partial charge < -0.3 is 15.0 Å². The van der Waals surface area contributed by atoms with E-state index in [4.69, 9.17) is 4.74 Å². The molecule has 0 aliphatic heterocycles. The van der Waals surface area contributed by atoms with Crippen molar-refractivity contribution in [3.8, 4) is 0 Å². The van der Waals surface area contributed by atoms with Gasteiger partial charge in [-0.25, -0.2) is 0 Å². The van der Waals surface area contributed by atoms with Gasteiger partial charge in [-0.2, -0.15) is 0 Å². The second kappa shape index (κ2) is 6.72. The monoisotopic (exact) mass is 214 g/mol. The minimum absolute atomic E-state index is 0.164. The molecule has 0 amide bonds. The number of ether oxygens (including phenoxy) is 1. The molecule has 90 valence electrons. The maximum atomic E-state index is 5.75. The highest BCUT2D eigenvalue weighted by Gasteiger charge is 2.16. The summed E-state index contributed by atoms with van der Waals surface area (Å²) < 4.78 is 5.75. The Morgan fingerprint density at radius 3 is 2.33 bits per heavy atom. The standard InChI is InChI=1S/C12H26N2O/c1-7-9-14(10-8-13-6)11(2)15-12(3,4)5/h13H,2,7-10H2,1,3-6H3. The molecule has 0 saturated heterocycles. The highest BCUT2D eigenvalue weighted by Crippen LogP contribution is 2.15. The molecule has 0 rings (SSSR count). The van der Waals surface area contributed by atoms with Gasteiger partial charge >= 0.3 is 0 Å². The van der Waals surface area contributed by atoms with Crippen LogP contribution < -0.4 is 5.32 Å². The summed E-state index contributed by atoms with van der Waals surface area (Å²) in [5, 5.41) is 3.14. The van der Waals surface area contributed by atoms with Gasteiger partial charge in [-0.3, -0.25) is 0 Å². The van der Waals surface area contributed by atoms with Crippen LogP contribution in [0.2, 0.25) is 0 Å². The molecule has 0 fully saturated rings. The molecule has 0 unspecified atom stereocenters. The molecule has 0 aliphatic carbocycles. The zero-order valence-electron chi connectivity index (χ0n) is 10.9. The average Bonchev–Trinajstić information content (AvgIpc) is 2.09. The first kappa shape index (κ1) is 14.3. The summed E-state index contributed by atoms with van der Waals surface area (Å²) in [4.78, 5) is 2.18. The highest BCUT2D eigenvalue weighted by molar-refractivity contribution is 4.86. The van der Waals surface area contributed by atoms with Gasteiger partial charge in [-0.1, -0.05) is 6.92 Å². The summed E-state index contributed by atoms with van der Waals surface area (Å²) in [5.74, 6) is 0.777. The van der Waals surface area contributed by atoms with Gasteiger partial charge in [0.25, 0.3) is 0 Å². The minimum atomic E-state index is -0.164. The van der Waals surface area contributed by atoms with Crippen molar-refractivity contribution in [2.24, 2.45) is 0 Å². The molecule has 3 nitrogen and oxygen atoms in total. The van der Waals surface area contributed by atoms with Crippen LogP contribution in [0.25, 0.3) is 0 Å². The van der Waals surface area contributed by atoms with Crippen molar-refractivity contribution in [2.75, 3.05) is 26.7 Å². The molecule has 0 radical (unpaired) electrons. The third kappa shape index (κ3) is 7.25. The lowest BCUT2D eigenvalue weighted by atomic mass is 10.2. The Hall–Kier alpha value is -0.700. The SMILES string of the molecule is C=C(OC(C)(C)C)N(CCC)CCNC. The van der Waals surface area contributed by atoms with E-state index >= 15 is 0 Å². The predicted molar refractivity (Wildman–Crippen MR) is 65.8 cm³/mol. The fourth-order valence-corrected chi connectivity index (χ4v) is 1.30. The lowest BCUT2D eigenvalue weighted by molar-refractivity contribution is 0.00327. The Kier molecular flexibility index (Phi) is 6.41. The summed E-state index contributed by atoms with van der Waals surface area (Å²) in [6.45, 7) is 15.2. The molecule has 0 aliphatic rings. The van der Waals surface area contributed by atoms with Crippen molar-refractivity contribution >= 4 is 0 Å². The van der Waals surface area contributed by atoms with E-state index in [2.05, 4.69) is 23.7 Å². The van der Waals surface area contributed by atoms with E-state index < -0.39 is 0 Å². The Bertz CT molecular complexity index is 185. The lowest BCUT2D eigenvalue weighted by Crippen LogP contribution is -2.34. The summed E-state index contributed by atoms with van der Waals surface area (Å²) in [6.07, 6.45) is 1.11. The summed E-state index contributed by atoms with van der Waals surface area (Å²) >= 11 is 0. The van der Waals surface area contributed by atoms with Crippen molar-refractivity contribution in [2.45, 2.75) is 39.7 Å². The van der Waals surface area contributed by atoms with Crippen molar-refractivity contribution in [3.05, 3.63) is 12.5 Å². The summed E-state index contributed by atoms with van der Waals surface area (Å²) in [5.41, 5.74) is -0.164. The number of hydrogen-bond acceptors (Lipinski definition) is 3. The second-order valence-corrected chi connectivity index (χ2v) is 4.70. The quantitative estimate of drug-likeness (QED) is 0.658. The van der Waals surface area contributed by atoms with E-state index in [1.54, 1.807) is 0 Å². The first-order chi connectivity index (χ1) is 6.90. The fourth-order valence-electron chi connectivity index (χ4n) is 1.30. The number of rotatable bonds is 7. The third-order valence-corrected chi connectivity index (χ3v) is 1.90. The number of likely N-dealkylation sites (N-methyl/N-ethyl adjacent to an activating group) is 1. The van der Waals surface area contributed by atoms with Crippen LogP contribution in [0.4, 0.5) is 0 Å². The van der Waals surface area contributed by atoms with Crippen molar-refractivity contribution in [1.29, 1.82) is 0 Å². The van der Waals surface area contributed by atoms with Crippen LogP contribution in [-0.2, 0) is 4.74 Å². The van der Waals surface area contributed by atoms with Crippen LogP contribution in [0.15, 0.2) is 12.5 Å². The van der Waals surface area contributed by atoms with Crippen LogP contribution in [0.3, 0.4) is 0 Å². The average molecular weight is 214 g/mol. The number of nitrogens with zero attached hydrogens (tertiary/aromatic N) is 1. The lowest BCUT2D eigenvalue weighted by Gasteiger charge is -2.31. The second-order valence-electron chi connectivity index (χ2n) is 4.70. The van der Waals surface area contributed by atoms with Crippen LogP contribution in [0.1, 0.15) is 34.1 Å². The highest BCUT2D eigenvalue weighted by atomic mass is 16.5. The predicted octanol–water partition coefficient (Wildman–Crippen LogP) is 2.20. The van der Waals surface area contributed by atoms with Crippen LogP contribution >= 0.6 is 0 Å².